The molecule has 2 aliphatic rings. The van der Waals surface area contributed by atoms with Crippen LogP contribution in [-0.2, 0) is 12.0 Å². The van der Waals surface area contributed by atoms with Gasteiger partial charge in [0.25, 0.3) is 0 Å². The first-order chi connectivity index (χ1) is 15.3. The van der Waals surface area contributed by atoms with Crippen molar-refractivity contribution < 1.29 is 0 Å². The van der Waals surface area contributed by atoms with E-state index < -0.39 is 0 Å². The topological polar surface area (TPSA) is 81.1 Å². The van der Waals surface area contributed by atoms with Gasteiger partial charge in [-0.25, -0.2) is 9.97 Å². The molecule has 1 atom stereocenters. The molecule has 32 heavy (non-hydrogen) atoms. The third-order valence-electron chi connectivity index (χ3n) is 7.34. The lowest BCUT2D eigenvalue weighted by atomic mass is 9.65. The molecule has 0 radical (unpaired) electrons. The van der Waals surface area contributed by atoms with E-state index in [0.717, 1.165) is 53.8 Å². The third kappa shape index (κ3) is 3.45. The van der Waals surface area contributed by atoms with Crippen molar-refractivity contribution in [2.24, 2.45) is 11.1 Å². The van der Waals surface area contributed by atoms with Gasteiger partial charge in [-0.05, 0) is 61.8 Å². The van der Waals surface area contributed by atoms with Crippen LogP contribution in [0.15, 0.2) is 58.6 Å². The van der Waals surface area contributed by atoms with Crippen LogP contribution in [0.25, 0.3) is 0 Å². The van der Waals surface area contributed by atoms with Gasteiger partial charge in [0.15, 0.2) is 0 Å². The third-order valence-corrected chi connectivity index (χ3v) is 9.03. The number of piperidine rings is 1. The predicted molar refractivity (Wildman–Crippen MR) is 132 cm³/mol. The summed E-state index contributed by atoms with van der Waals surface area (Å²) in [7, 11) is 0. The molecule has 2 aromatic carbocycles. The minimum Gasteiger partial charge on any atom is -0.397 e. The average molecular weight is 466 g/mol. The van der Waals surface area contributed by atoms with Crippen molar-refractivity contribution in [3.05, 3.63) is 70.5 Å². The van der Waals surface area contributed by atoms with E-state index in [1.807, 2.05) is 25.3 Å². The Morgan fingerprint density at radius 3 is 2.56 bits per heavy atom. The smallest absolute Gasteiger partial charge is 0.147 e. The fourth-order valence-electron chi connectivity index (χ4n) is 5.30. The first-order valence-corrected chi connectivity index (χ1v) is 12.2. The number of rotatable bonds is 3. The summed E-state index contributed by atoms with van der Waals surface area (Å²) in [6.07, 6.45) is 5.03. The summed E-state index contributed by atoms with van der Waals surface area (Å²) in [6, 6.07) is 14.3. The zero-order valence-corrected chi connectivity index (χ0v) is 20.0. The van der Waals surface area contributed by atoms with Crippen molar-refractivity contribution in [1.82, 2.24) is 9.97 Å². The first kappa shape index (κ1) is 21.6. The SMILES string of the molecule is Cc1nc(N2CCC3(CC2)Cc2ccccc2C3(C)N)cnc1Sc1cccc(N)c1Cl. The monoisotopic (exact) mass is 465 g/mol. The van der Waals surface area contributed by atoms with E-state index in [1.54, 1.807) is 6.07 Å². The van der Waals surface area contributed by atoms with Gasteiger partial charge in [0.2, 0.25) is 0 Å². The predicted octanol–water partition coefficient (Wildman–Crippen LogP) is 5.19. The van der Waals surface area contributed by atoms with E-state index >= 15 is 0 Å². The minimum atomic E-state index is -0.297. The van der Waals surface area contributed by atoms with Gasteiger partial charge in [-0.15, -0.1) is 0 Å². The van der Waals surface area contributed by atoms with Crippen molar-refractivity contribution in [2.45, 2.75) is 48.6 Å². The van der Waals surface area contributed by atoms with E-state index in [0.29, 0.717) is 10.7 Å². The maximum atomic E-state index is 6.95. The van der Waals surface area contributed by atoms with Crippen LogP contribution in [0.5, 0.6) is 0 Å². The first-order valence-electron chi connectivity index (χ1n) is 11.0. The number of aromatic nitrogens is 2. The molecule has 1 aliphatic heterocycles. The number of nitrogen functional groups attached to an aromatic ring is 1. The van der Waals surface area contributed by atoms with Gasteiger partial charge in [0.1, 0.15) is 10.8 Å². The number of aryl methyl sites for hydroxylation is 1. The molecule has 0 bridgehead atoms. The Morgan fingerprint density at radius 1 is 1.09 bits per heavy atom. The van der Waals surface area contributed by atoms with Crippen LogP contribution in [0.2, 0.25) is 5.02 Å². The average Bonchev–Trinajstić information content (AvgIpc) is 3.00. The van der Waals surface area contributed by atoms with Gasteiger partial charge >= 0.3 is 0 Å². The van der Waals surface area contributed by atoms with E-state index in [1.165, 1.54) is 22.9 Å². The van der Waals surface area contributed by atoms with Crippen LogP contribution in [0, 0.1) is 12.3 Å². The Bertz CT molecular complexity index is 1170. The summed E-state index contributed by atoms with van der Waals surface area (Å²) < 4.78 is 0. The number of fused-ring (bicyclic) bond motifs is 1. The van der Waals surface area contributed by atoms with Gasteiger partial charge in [-0.1, -0.05) is 53.7 Å². The highest BCUT2D eigenvalue weighted by atomic mass is 35.5. The molecular weight excluding hydrogens is 438 g/mol. The molecule has 7 heteroatoms. The van der Waals surface area contributed by atoms with Crippen LogP contribution >= 0.6 is 23.4 Å². The fraction of sp³-hybridized carbons (Fsp3) is 0.360. The van der Waals surface area contributed by atoms with Crippen LogP contribution in [0.1, 0.15) is 36.6 Å². The molecule has 1 saturated heterocycles. The highest BCUT2D eigenvalue weighted by Crippen LogP contribution is 2.54. The maximum Gasteiger partial charge on any atom is 0.147 e. The zero-order valence-electron chi connectivity index (χ0n) is 18.4. The number of anilines is 2. The summed E-state index contributed by atoms with van der Waals surface area (Å²) in [6.45, 7) is 6.08. The Balaban J connectivity index is 1.32. The van der Waals surface area contributed by atoms with Crippen molar-refractivity contribution in [3.8, 4) is 0 Å². The Hall–Kier alpha value is -2.28. The molecule has 1 fully saturated rings. The molecule has 1 spiro atoms. The summed E-state index contributed by atoms with van der Waals surface area (Å²) in [4.78, 5) is 12.8. The lowest BCUT2D eigenvalue weighted by Crippen LogP contribution is -2.53. The fourth-order valence-corrected chi connectivity index (χ4v) is 6.40. The molecule has 3 aromatic rings. The number of nitrogens with two attached hydrogens (primary N) is 2. The van der Waals surface area contributed by atoms with Crippen molar-refractivity contribution >= 4 is 34.9 Å². The zero-order chi connectivity index (χ0) is 22.5. The normalized spacial score (nSPS) is 21.7. The van der Waals surface area contributed by atoms with Crippen LogP contribution < -0.4 is 16.4 Å². The van der Waals surface area contributed by atoms with Crippen molar-refractivity contribution in [3.63, 3.8) is 0 Å². The molecule has 0 saturated carbocycles. The lowest BCUT2D eigenvalue weighted by Gasteiger charge is -2.47. The summed E-state index contributed by atoms with van der Waals surface area (Å²) in [5.74, 6) is 0.926. The van der Waals surface area contributed by atoms with Gasteiger partial charge in [-0.2, -0.15) is 0 Å². The highest BCUT2D eigenvalue weighted by Gasteiger charge is 2.53. The van der Waals surface area contributed by atoms with Gasteiger partial charge in [-0.3, -0.25) is 0 Å². The van der Waals surface area contributed by atoms with Crippen LogP contribution in [0.3, 0.4) is 0 Å². The van der Waals surface area contributed by atoms with Gasteiger partial charge in [0, 0.05) is 23.5 Å². The highest BCUT2D eigenvalue weighted by molar-refractivity contribution is 7.99. The van der Waals surface area contributed by atoms with E-state index in [4.69, 9.17) is 33.0 Å². The molecule has 5 rings (SSSR count). The molecule has 1 aromatic heterocycles. The second-order valence-electron chi connectivity index (χ2n) is 9.18. The summed E-state index contributed by atoms with van der Waals surface area (Å²) in [5.41, 5.74) is 16.9. The van der Waals surface area contributed by atoms with E-state index in [2.05, 4.69) is 36.1 Å². The molecule has 2 heterocycles. The molecule has 0 amide bonds. The molecule has 1 aliphatic carbocycles. The molecule has 5 nitrogen and oxygen atoms in total. The Labute approximate surface area is 198 Å². The van der Waals surface area contributed by atoms with E-state index in [9.17, 15) is 0 Å². The molecule has 166 valence electrons. The number of nitrogens with zero attached hydrogens (tertiary/aromatic N) is 3. The Morgan fingerprint density at radius 2 is 1.84 bits per heavy atom. The number of hydrogen-bond donors (Lipinski definition) is 2. The summed E-state index contributed by atoms with van der Waals surface area (Å²) >= 11 is 7.85. The number of hydrogen-bond acceptors (Lipinski definition) is 6. The standard InChI is InChI=1S/C25H28ClN5S/c1-16-23(32-20-9-5-8-19(27)22(20)26)29-15-21(30-16)31-12-10-25(11-13-31)14-17-6-3-4-7-18(17)24(25,2)28/h3-9,15H,10-14,27-28H2,1-2H3. The minimum absolute atomic E-state index is 0.107. The molecule has 4 N–H and O–H groups in total. The number of benzene rings is 2. The summed E-state index contributed by atoms with van der Waals surface area (Å²) in [5, 5.41) is 1.40. The van der Waals surface area contributed by atoms with E-state index in [-0.39, 0.29) is 11.0 Å². The van der Waals surface area contributed by atoms with Crippen molar-refractivity contribution in [2.75, 3.05) is 23.7 Å². The lowest BCUT2D eigenvalue weighted by molar-refractivity contribution is 0.115. The second-order valence-corrected chi connectivity index (χ2v) is 10.6. The largest absolute Gasteiger partial charge is 0.397 e. The Kier molecular flexibility index (Phi) is 5.35. The van der Waals surface area contributed by atoms with Crippen LogP contribution in [-0.4, -0.2) is 23.1 Å². The number of halogens is 1. The van der Waals surface area contributed by atoms with Crippen molar-refractivity contribution in [1.29, 1.82) is 0 Å². The quantitative estimate of drug-likeness (QED) is 0.518. The van der Waals surface area contributed by atoms with Gasteiger partial charge in [0.05, 0.1) is 22.6 Å². The molecule has 1 unspecified atom stereocenters. The second kappa shape index (κ2) is 7.94. The molecular formula is C25H28ClN5S. The maximum absolute atomic E-state index is 6.95. The van der Waals surface area contributed by atoms with Crippen LogP contribution in [0.4, 0.5) is 11.5 Å². The van der Waals surface area contributed by atoms with Gasteiger partial charge < -0.3 is 16.4 Å².